The van der Waals surface area contributed by atoms with Crippen LogP contribution in [0.15, 0.2) is 0 Å². The number of halogens is 5. The van der Waals surface area contributed by atoms with Crippen molar-refractivity contribution < 1.29 is 50.7 Å². The van der Waals surface area contributed by atoms with Gasteiger partial charge in [-0.15, -0.1) is 13.2 Å². The second-order valence-corrected chi connectivity index (χ2v) is 10.5. The molecule has 2 aliphatic heterocycles. The molecule has 1 saturated carbocycles. The number of Topliss-reactive ketones (excluding diaryl/α,β-unsaturated/α-hetero) is 1. The molecule has 2 heterocycles. The van der Waals surface area contributed by atoms with Crippen LogP contribution in [0, 0.1) is 11.3 Å². The van der Waals surface area contributed by atoms with E-state index in [0.29, 0.717) is 13.0 Å². The number of rotatable bonds is 8. The minimum Gasteiger partial charge on any atom is -0.356 e. The third-order valence-electron chi connectivity index (χ3n) is 6.67. The number of carbonyl (C=O) groups is 5. The Labute approximate surface area is 209 Å². The van der Waals surface area contributed by atoms with E-state index < -0.39 is 90.6 Å². The molecular weight excluding hydrogens is 511 g/mol. The van der Waals surface area contributed by atoms with E-state index in [4.69, 9.17) is 0 Å². The minimum atomic E-state index is -5.09. The predicted octanol–water partition coefficient (Wildman–Crippen LogP) is 0.644. The molecule has 3 unspecified atom stereocenters. The van der Waals surface area contributed by atoms with Crippen molar-refractivity contribution in [3.05, 3.63) is 0 Å². The first kappa shape index (κ1) is 28.7. The second-order valence-electron chi connectivity index (χ2n) is 10.5. The van der Waals surface area contributed by atoms with Gasteiger partial charge in [0.15, 0.2) is 5.78 Å². The average molecular weight is 540 g/mol. The van der Waals surface area contributed by atoms with Crippen LogP contribution in [0.25, 0.3) is 0 Å². The molecule has 0 aromatic rings. The lowest BCUT2D eigenvalue weighted by Crippen LogP contribution is -2.57. The van der Waals surface area contributed by atoms with Gasteiger partial charge in [0.2, 0.25) is 11.8 Å². The zero-order valence-corrected chi connectivity index (χ0v) is 20.3. The van der Waals surface area contributed by atoms with Crippen molar-refractivity contribution >= 4 is 29.4 Å². The molecule has 0 aromatic heterocycles. The number of ketones is 1. The summed E-state index contributed by atoms with van der Waals surface area (Å²) in [7, 11) is 0. The molecule has 3 rings (SSSR count). The van der Waals surface area contributed by atoms with Gasteiger partial charge in [-0.25, -0.2) is 8.78 Å². The van der Waals surface area contributed by atoms with Crippen molar-refractivity contribution in [2.75, 3.05) is 19.7 Å². The van der Waals surface area contributed by atoms with Crippen LogP contribution in [-0.2, 0) is 28.7 Å². The summed E-state index contributed by atoms with van der Waals surface area (Å²) < 4.78 is 67.1. The van der Waals surface area contributed by atoms with Crippen molar-refractivity contribution in [2.45, 2.75) is 76.4 Å². The molecular formula is C22H29F5N4O6. The third-order valence-corrected chi connectivity index (χ3v) is 6.67. The number of nitrogens with zero attached hydrogens (tertiary/aromatic N) is 1. The number of alkyl halides is 5. The molecule has 3 atom stereocenters. The first-order valence-electron chi connectivity index (χ1n) is 11.8. The Morgan fingerprint density at radius 1 is 1.16 bits per heavy atom. The summed E-state index contributed by atoms with van der Waals surface area (Å²) in [5, 5.41) is 7.09. The van der Waals surface area contributed by atoms with Crippen LogP contribution in [0.1, 0.15) is 46.0 Å². The number of likely N-dealkylation sites (tertiary alicyclic amines) is 1. The van der Waals surface area contributed by atoms with E-state index in [1.165, 1.54) is 0 Å². The lowest BCUT2D eigenvalue weighted by atomic mass is 9.88. The first-order chi connectivity index (χ1) is 17.0. The third kappa shape index (κ3) is 7.58. The van der Waals surface area contributed by atoms with E-state index in [1.807, 2.05) is 0 Å². The van der Waals surface area contributed by atoms with E-state index >= 15 is 0 Å². The van der Waals surface area contributed by atoms with Crippen LogP contribution >= 0.6 is 0 Å². The highest BCUT2D eigenvalue weighted by molar-refractivity contribution is 6.35. The van der Waals surface area contributed by atoms with Crippen molar-refractivity contribution in [1.29, 1.82) is 0 Å². The number of nitrogens with one attached hydrogen (secondary N) is 3. The van der Waals surface area contributed by atoms with Gasteiger partial charge in [-0.2, -0.15) is 0 Å². The summed E-state index contributed by atoms with van der Waals surface area (Å²) in [6.07, 6.45) is -6.23. The SMILES string of the molecule is CC1(C)CC(C(=O)NC(CC2CCNC2=O)C(=O)COC(F)(F)F)N(C(=O)C(=O)NC2CC(F)(F)C2)C1. The Morgan fingerprint density at radius 3 is 2.35 bits per heavy atom. The largest absolute Gasteiger partial charge is 0.522 e. The molecule has 4 amide bonds. The summed E-state index contributed by atoms with van der Waals surface area (Å²) in [4.78, 5) is 63.8. The zero-order chi connectivity index (χ0) is 27.8. The van der Waals surface area contributed by atoms with Crippen LogP contribution in [0.5, 0.6) is 0 Å². The van der Waals surface area contributed by atoms with E-state index in [2.05, 4.69) is 20.7 Å². The summed E-state index contributed by atoms with van der Waals surface area (Å²) in [5.41, 5.74) is -0.647. The molecule has 3 aliphatic rings. The van der Waals surface area contributed by atoms with Gasteiger partial charge in [-0.1, -0.05) is 13.8 Å². The van der Waals surface area contributed by atoms with Gasteiger partial charge in [0.1, 0.15) is 12.6 Å². The Hall–Kier alpha value is -2.84. The molecule has 0 bridgehead atoms. The Kier molecular flexibility index (Phi) is 8.15. The number of carbonyl (C=O) groups excluding carboxylic acids is 5. The van der Waals surface area contributed by atoms with Gasteiger partial charge in [-0.05, 0) is 24.7 Å². The highest BCUT2D eigenvalue weighted by Crippen LogP contribution is 2.38. The van der Waals surface area contributed by atoms with Crippen LogP contribution in [0.3, 0.4) is 0 Å². The van der Waals surface area contributed by atoms with Crippen molar-refractivity contribution in [3.8, 4) is 0 Å². The number of ether oxygens (including phenoxy) is 1. The standard InChI is InChI=1S/C22H29F5N4O6/c1-20(2)8-14(31(10-20)19(36)18(35)29-12-6-21(23,24)7-12)17(34)30-13(5-11-3-4-28-16(11)33)15(32)9-37-22(25,26)27/h11-14H,3-10H2,1-2H3,(H,28,33)(H,29,35)(H,30,34). The molecule has 0 spiro atoms. The van der Waals surface area contributed by atoms with E-state index in [-0.39, 0.29) is 19.4 Å². The van der Waals surface area contributed by atoms with Crippen molar-refractivity contribution in [2.24, 2.45) is 11.3 Å². The first-order valence-corrected chi connectivity index (χ1v) is 11.8. The summed E-state index contributed by atoms with van der Waals surface area (Å²) >= 11 is 0. The van der Waals surface area contributed by atoms with Crippen LogP contribution in [0.4, 0.5) is 22.0 Å². The fourth-order valence-corrected chi connectivity index (χ4v) is 4.80. The van der Waals surface area contributed by atoms with Gasteiger partial charge in [-0.3, -0.25) is 28.7 Å². The fraction of sp³-hybridized carbons (Fsp3) is 0.773. The smallest absolute Gasteiger partial charge is 0.356 e. The lowest BCUT2D eigenvalue weighted by Gasteiger charge is -2.35. The number of hydrogen-bond acceptors (Lipinski definition) is 6. The number of amides is 4. The van der Waals surface area contributed by atoms with Gasteiger partial charge < -0.3 is 20.9 Å². The molecule has 208 valence electrons. The van der Waals surface area contributed by atoms with Crippen LogP contribution < -0.4 is 16.0 Å². The zero-order valence-electron chi connectivity index (χ0n) is 20.3. The normalized spacial score (nSPS) is 25.7. The van der Waals surface area contributed by atoms with Crippen LogP contribution in [-0.4, -0.2) is 84.4 Å². The van der Waals surface area contributed by atoms with E-state index in [0.717, 1.165) is 4.90 Å². The maximum absolute atomic E-state index is 13.2. The molecule has 15 heteroatoms. The highest BCUT2D eigenvalue weighted by Gasteiger charge is 2.49. The van der Waals surface area contributed by atoms with Gasteiger partial charge in [0, 0.05) is 37.9 Å². The summed E-state index contributed by atoms with van der Waals surface area (Å²) in [6.45, 7) is 2.30. The monoisotopic (exact) mass is 540 g/mol. The van der Waals surface area contributed by atoms with Crippen molar-refractivity contribution in [3.63, 3.8) is 0 Å². The molecule has 2 saturated heterocycles. The van der Waals surface area contributed by atoms with E-state index in [1.54, 1.807) is 13.8 Å². The molecule has 3 fully saturated rings. The fourth-order valence-electron chi connectivity index (χ4n) is 4.80. The lowest BCUT2D eigenvalue weighted by molar-refractivity contribution is -0.321. The minimum absolute atomic E-state index is 0.0427. The topological polar surface area (TPSA) is 134 Å². The van der Waals surface area contributed by atoms with E-state index in [9.17, 15) is 45.9 Å². The molecule has 1 aliphatic carbocycles. The van der Waals surface area contributed by atoms with Crippen LogP contribution in [0.2, 0.25) is 0 Å². The Bertz CT molecular complexity index is 948. The molecule has 10 nitrogen and oxygen atoms in total. The predicted molar refractivity (Wildman–Crippen MR) is 115 cm³/mol. The quantitative estimate of drug-likeness (QED) is 0.306. The van der Waals surface area contributed by atoms with Gasteiger partial charge in [0.25, 0.3) is 5.92 Å². The Morgan fingerprint density at radius 2 is 1.81 bits per heavy atom. The maximum atomic E-state index is 13.2. The molecule has 3 N–H and O–H groups in total. The second kappa shape index (κ2) is 10.5. The van der Waals surface area contributed by atoms with Crippen molar-refractivity contribution in [1.82, 2.24) is 20.9 Å². The van der Waals surface area contributed by atoms with Gasteiger partial charge in [0.05, 0.1) is 6.04 Å². The van der Waals surface area contributed by atoms with Gasteiger partial charge >= 0.3 is 18.2 Å². The Balaban J connectivity index is 1.71. The highest BCUT2D eigenvalue weighted by atomic mass is 19.4. The molecule has 0 aromatic carbocycles. The summed E-state index contributed by atoms with van der Waals surface area (Å²) in [5.74, 6) is -8.38. The molecule has 37 heavy (non-hydrogen) atoms. The maximum Gasteiger partial charge on any atom is 0.522 e. The average Bonchev–Trinajstić information content (AvgIpc) is 3.30. The summed E-state index contributed by atoms with van der Waals surface area (Å²) in [6, 6.07) is -3.66. The molecule has 0 radical (unpaired) electrons. The number of hydrogen-bond donors (Lipinski definition) is 3.